The van der Waals surface area contributed by atoms with Gasteiger partial charge in [-0.25, -0.2) is 8.97 Å². The van der Waals surface area contributed by atoms with Crippen LogP contribution in [0.1, 0.15) is 121 Å². The summed E-state index contributed by atoms with van der Waals surface area (Å²) in [4.78, 5) is 13.2. The van der Waals surface area contributed by atoms with Crippen LogP contribution in [0, 0.1) is 0 Å². The molecule has 0 aliphatic rings. The average molecular weight is 611 g/mol. The maximum absolute atomic E-state index is 13.2. The molecule has 0 aliphatic heterocycles. The standard InChI is InChI=1S/C40H55N3O2/c1-5-6-7-8-9-10-11-12-13-14-15-20-27-45-38-25-24-33(28-36(38)40(2,3)4)29-39(44)41-37-23-17-16-21-34(37)30-42-31-35-22-18-19-26-43(35)32-42/h16-19,21-26,28,31-32H,5-15,20,27,29-30H2,1-4H3/p+1. The molecule has 4 aromatic rings. The quantitative estimate of drug-likeness (QED) is 0.0848. The molecule has 0 aliphatic carbocycles. The van der Waals surface area contributed by atoms with Crippen LogP contribution >= 0.6 is 0 Å². The molecule has 0 fully saturated rings. The van der Waals surface area contributed by atoms with Crippen LogP contribution in [0.5, 0.6) is 5.75 Å². The van der Waals surface area contributed by atoms with E-state index in [1.165, 1.54) is 70.6 Å². The maximum Gasteiger partial charge on any atom is 0.249 e. The summed E-state index contributed by atoms with van der Waals surface area (Å²) < 4.78 is 10.5. The van der Waals surface area contributed by atoms with E-state index >= 15 is 0 Å². The molecule has 2 heterocycles. The number of fused-ring (bicyclic) bond motifs is 1. The zero-order valence-electron chi connectivity index (χ0n) is 28.3. The largest absolute Gasteiger partial charge is 0.493 e. The van der Waals surface area contributed by atoms with Gasteiger partial charge in [-0.05, 0) is 47.2 Å². The Morgan fingerprint density at radius 2 is 1.49 bits per heavy atom. The van der Waals surface area contributed by atoms with E-state index in [4.69, 9.17) is 4.74 Å². The van der Waals surface area contributed by atoms with E-state index in [2.05, 4.69) is 78.8 Å². The van der Waals surface area contributed by atoms with Gasteiger partial charge < -0.3 is 10.1 Å². The Morgan fingerprint density at radius 3 is 2.18 bits per heavy atom. The Morgan fingerprint density at radius 1 is 0.822 bits per heavy atom. The zero-order chi connectivity index (χ0) is 31.9. The summed E-state index contributed by atoms with van der Waals surface area (Å²) in [6.45, 7) is 10.3. The lowest BCUT2D eigenvalue weighted by Gasteiger charge is -2.24. The van der Waals surface area contributed by atoms with E-state index in [1.807, 2.05) is 42.6 Å². The maximum atomic E-state index is 13.2. The highest BCUT2D eigenvalue weighted by atomic mass is 16.5. The number of rotatable bonds is 19. The number of para-hydroxylation sites is 1. The molecule has 4 rings (SSSR count). The minimum atomic E-state index is -0.0801. The minimum Gasteiger partial charge on any atom is -0.493 e. The van der Waals surface area contributed by atoms with Crippen molar-refractivity contribution in [2.75, 3.05) is 11.9 Å². The molecular weight excluding hydrogens is 554 g/mol. The highest BCUT2D eigenvalue weighted by Gasteiger charge is 2.21. The molecule has 45 heavy (non-hydrogen) atoms. The van der Waals surface area contributed by atoms with Crippen molar-refractivity contribution < 1.29 is 14.1 Å². The van der Waals surface area contributed by atoms with Crippen molar-refractivity contribution >= 4 is 17.1 Å². The van der Waals surface area contributed by atoms with Gasteiger partial charge in [-0.2, -0.15) is 0 Å². The number of ether oxygens (including phenoxy) is 1. The number of nitrogens with zero attached hydrogens (tertiary/aromatic N) is 2. The van der Waals surface area contributed by atoms with Gasteiger partial charge in [0.1, 0.15) is 18.5 Å². The molecule has 2 aromatic carbocycles. The predicted octanol–water partition coefficient (Wildman–Crippen LogP) is 9.83. The summed E-state index contributed by atoms with van der Waals surface area (Å²) in [5.41, 5.74) is 5.14. The summed E-state index contributed by atoms with van der Waals surface area (Å²) in [6, 6.07) is 20.5. The van der Waals surface area contributed by atoms with Crippen molar-refractivity contribution in [1.82, 2.24) is 4.40 Å². The SMILES string of the molecule is CCCCCCCCCCCCCCOc1ccc(CC(=O)Nc2ccccc2C[n+]2cc3ccccn3c2)cc1C(C)(C)C. The van der Waals surface area contributed by atoms with Crippen LogP contribution < -0.4 is 14.6 Å². The summed E-state index contributed by atoms with van der Waals surface area (Å²) in [7, 11) is 0. The van der Waals surface area contributed by atoms with Gasteiger partial charge in [0.2, 0.25) is 12.2 Å². The van der Waals surface area contributed by atoms with Gasteiger partial charge in [0.05, 0.1) is 19.2 Å². The van der Waals surface area contributed by atoms with Crippen molar-refractivity contribution in [3.05, 3.63) is 96.1 Å². The van der Waals surface area contributed by atoms with Gasteiger partial charge in [0, 0.05) is 11.3 Å². The number of carbonyl (C=O) groups excluding carboxylic acids is 1. The van der Waals surface area contributed by atoms with E-state index in [0.29, 0.717) is 13.0 Å². The Hall–Kier alpha value is -3.60. The first-order chi connectivity index (χ1) is 21.8. The molecule has 2 aromatic heterocycles. The number of hydrogen-bond acceptors (Lipinski definition) is 2. The van der Waals surface area contributed by atoms with Gasteiger partial charge in [-0.3, -0.25) is 4.79 Å². The number of amides is 1. The summed E-state index contributed by atoms with van der Waals surface area (Å²) in [5.74, 6) is 0.927. The second-order valence-electron chi connectivity index (χ2n) is 13.6. The van der Waals surface area contributed by atoms with Crippen molar-refractivity contribution in [1.29, 1.82) is 0 Å². The number of benzene rings is 2. The molecule has 0 spiro atoms. The highest BCUT2D eigenvalue weighted by Crippen LogP contribution is 2.33. The number of aromatic nitrogens is 2. The van der Waals surface area contributed by atoms with Gasteiger partial charge in [0.25, 0.3) is 0 Å². The normalized spacial score (nSPS) is 11.6. The number of pyridine rings is 1. The molecule has 0 atom stereocenters. The molecule has 5 nitrogen and oxygen atoms in total. The number of imidazole rings is 1. The third-order valence-electron chi connectivity index (χ3n) is 8.61. The fraction of sp³-hybridized carbons (Fsp3) is 0.500. The van der Waals surface area contributed by atoms with Gasteiger partial charge >= 0.3 is 0 Å². The lowest BCUT2D eigenvalue weighted by Crippen LogP contribution is -2.32. The van der Waals surface area contributed by atoms with Crippen LogP contribution in [-0.2, 0) is 23.2 Å². The van der Waals surface area contributed by atoms with Crippen LogP contribution in [-0.4, -0.2) is 16.9 Å². The monoisotopic (exact) mass is 610 g/mol. The molecule has 0 saturated heterocycles. The molecule has 0 unspecified atom stereocenters. The third-order valence-corrected chi connectivity index (χ3v) is 8.61. The van der Waals surface area contributed by atoms with Gasteiger partial charge in [-0.1, -0.05) is 135 Å². The summed E-state index contributed by atoms with van der Waals surface area (Å²) >= 11 is 0. The van der Waals surface area contributed by atoms with E-state index in [0.717, 1.165) is 46.7 Å². The Bertz CT molecular complexity index is 1430. The van der Waals surface area contributed by atoms with Gasteiger partial charge in [0.15, 0.2) is 5.52 Å². The number of anilines is 1. The fourth-order valence-electron chi connectivity index (χ4n) is 6.01. The average Bonchev–Trinajstić information content (AvgIpc) is 3.43. The predicted molar refractivity (Wildman–Crippen MR) is 187 cm³/mol. The smallest absolute Gasteiger partial charge is 0.249 e. The molecule has 1 amide bonds. The second kappa shape index (κ2) is 17.8. The van der Waals surface area contributed by atoms with E-state index in [1.54, 1.807) is 0 Å². The number of nitrogens with one attached hydrogen (secondary N) is 1. The third kappa shape index (κ3) is 11.4. The molecule has 5 heteroatoms. The molecule has 0 bridgehead atoms. The fourth-order valence-corrected chi connectivity index (χ4v) is 6.01. The zero-order valence-corrected chi connectivity index (χ0v) is 28.3. The van der Waals surface area contributed by atoms with Crippen LogP contribution in [0.2, 0.25) is 0 Å². The topological polar surface area (TPSA) is 46.6 Å². The van der Waals surface area contributed by atoms with Crippen molar-refractivity contribution in [2.24, 2.45) is 0 Å². The van der Waals surface area contributed by atoms with Crippen LogP contribution in [0.15, 0.2) is 79.4 Å². The first kappa shape index (κ1) is 34.3. The summed E-state index contributed by atoms with van der Waals surface area (Å²) in [5, 5.41) is 3.18. The van der Waals surface area contributed by atoms with Gasteiger partial charge in [-0.15, -0.1) is 0 Å². The minimum absolute atomic E-state index is 0.0143. The first-order valence-electron chi connectivity index (χ1n) is 17.4. The number of unbranched alkanes of at least 4 members (excludes halogenated alkanes) is 11. The summed E-state index contributed by atoms with van der Waals surface area (Å²) in [6.07, 6.45) is 22.6. The molecule has 1 N–H and O–H groups in total. The molecule has 242 valence electrons. The Labute approximate surface area is 272 Å². The van der Waals surface area contributed by atoms with E-state index < -0.39 is 0 Å². The van der Waals surface area contributed by atoms with E-state index in [9.17, 15) is 4.79 Å². The second-order valence-corrected chi connectivity index (χ2v) is 13.6. The number of carbonyl (C=O) groups is 1. The molecule has 0 saturated carbocycles. The van der Waals surface area contributed by atoms with Crippen LogP contribution in [0.25, 0.3) is 5.52 Å². The highest BCUT2D eigenvalue weighted by molar-refractivity contribution is 5.93. The van der Waals surface area contributed by atoms with Crippen LogP contribution in [0.4, 0.5) is 5.69 Å². The van der Waals surface area contributed by atoms with Crippen LogP contribution in [0.3, 0.4) is 0 Å². The first-order valence-corrected chi connectivity index (χ1v) is 17.4. The Balaban J connectivity index is 1.24. The van der Waals surface area contributed by atoms with Crippen molar-refractivity contribution in [2.45, 2.75) is 123 Å². The lowest BCUT2D eigenvalue weighted by atomic mass is 9.85. The molecular formula is C40H56N3O2+. The lowest BCUT2D eigenvalue weighted by molar-refractivity contribution is -0.686. The van der Waals surface area contributed by atoms with Crippen molar-refractivity contribution in [3.63, 3.8) is 0 Å². The number of hydrogen-bond donors (Lipinski definition) is 1. The molecule has 0 radical (unpaired) electrons. The van der Waals surface area contributed by atoms with E-state index in [-0.39, 0.29) is 11.3 Å². The van der Waals surface area contributed by atoms with Crippen molar-refractivity contribution in [3.8, 4) is 5.75 Å². The Kier molecular flexibility index (Phi) is 13.5.